The molecule has 0 aliphatic rings. The van der Waals surface area contributed by atoms with Crippen molar-refractivity contribution in [2.75, 3.05) is 51.3 Å². The molecule has 0 heterocycles. The average molecular weight is 502 g/mol. The zero-order valence-electron chi connectivity index (χ0n) is 15.1. The van der Waals surface area contributed by atoms with Crippen LogP contribution in [0.25, 0.3) is 0 Å². The van der Waals surface area contributed by atoms with Crippen LogP contribution in [0.4, 0.5) is 0 Å². The molecule has 0 unspecified atom stereocenters. The van der Waals surface area contributed by atoms with E-state index < -0.39 is 55.5 Å². The molecule has 0 atom stereocenters. The Morgan fingerprint density at radius 2 is 0.750 bits per heavy atom. The monoisotopic (exact) mass is 502 g/mol. The van der Waals surface area contributed by atoms with Crippen LogP contribution in [0.1, 0.15) is 0 Å². The number of nitrogens with one attached hydrogen (secondary N) is 1. The van der Waals surface area contributed by atoms with E-state index in [2.05, 4.69) is 5.32 Å². The van der Waals surface area contributed by atoms with Gasteiger partial charge in [0.2, 0.25) is 0 Å². The molecule has 0 saturated carbocycles. The van der Waals surface area contributed by atoms with Gasteiger partial charge in [-0.1, -0.05) is 0 Å². The molecule has 0 aromatic rings. The van der Waals surface area contributed by atoms with E-state index in [4.69, 9.17) is 39.1 Å². The minimum atomic E-state index is -4.55. The second-order valence-corrected chi connectivity index (χ2v) is 12.2. The van der Waals surface area contributed by atoms with Crippen molar-refractivity contribution in [2.24, 2.45) is 0 Å². The predicted molar refractivity (Wildman–Crippen MR) is 93.9 cm³/mol. The van der Waals surface area contributed by atoms with Crippen LogP contribution in [-0.2, 0) is 18.3 Å². The number of nitrogens with zero attached hydrogens (tertiary/aromatic N) is 2. The first-order valence-electron chi connectivity index (χ1n) is 7.20. The van der Waals surface area contributed by atoms with E-state index >= 15 is 0 Å². The molecule has 9 N–H and O–H groups in total. The molecule has 0 radical (unpaired) electrons. The zero-order chi connectivity index (χ0) is 21.5. The Hall–Kier alpha value is 1.48. The molecule has 20 heteroatoms. The van der Waals surface area contributed by atoms with Crippen molar-refractivity contribution in [3.8, 4) is 0 Å². The Morgan fingerprint density at radius 1 is 0.536 bits per heavy atom. The fraction of sp³-hybridized carbons (Fsp3) is 1.00. The summed E-state index contributed by atoms with van der Waals surface area (Å²) < 4.78 is 44.0. The fourth-order valence-corrected chi connectivity index (χ4v) is 5.38. The van der Waals surface area contributed by atoms with Crippen LogP contribution >= 0.6 is 30.4 Å². The second-order valence-electron chi connectivity index (χ2n) is 5.76. The van der Waals surface area contributed by atoms with E-state index in [1.165, 1.54) is 0 Å². The van der Waals surface area contributed by atoms with Gasteiger partial charge in [-0.2, -0.15) is 0 Å². The molecule has 0 aromatic heterocycles. The molecule has 0 aromatic carbocycles. The summed E-state index contributed by atoms with van der Waals surface area (Å²) in [4.78, 5) is 73.1. The van der Waals surface area contributed by atoms with Crippen LogP contribution < -0.4 is 34.9 Å². The van der Waals surface area contributed by atoms with Crippen LogP contribution in [0, 0.1) is 0 Å². The number of hydrogen-bond acceptors (Lipinski definition) is 7. The Balaban J connectivity index is 0. The van der Waals surface area contributed by atoms with Gasteiger partial charge in [0.05, 0.1) is 0 Å². The van der Waals surface area contributed by atoms with Crippen molar-refractivity contribution in [3.63, 3.8) is 0 Å². The van der Waals surface area contributed by atoms with E-state index in [1.807, 2.05) is 0 Å². The van der Waals surface area contributed by atoms with E-state index in [1.54, 1.807) is 0 Å². The van der Waals surface area contributed by atoms with Crippen molar-refractivity contribution < 1.29 is 87.0 Å². The van der Waals surface area contributed by atoms with Gasteiger partial charge in [-0.25, -0.2) is 0 Å². The molecule has 0 saturated heterocycles. The van der Waals surface area contributed by atoms with Crippen molar-refractivity contribution in [3.05, 3.63) is 0 Å². The van der Waals surface area contributed by atoms with Crippen molar-refractivity contribution in [2.45, 2.75) is 0 Å². The van der Waals surface area contributed by atoms with Crippen LogP contribution in [0.2, 0.25) is 0 Å². The maximum Gasteiger partial charge on any atom is 1.00 e. The Bertz CT molecular complexity index is 541. The summed E-state index contributed by atoms with van der Waals surface area (Å²) in [6, 6.07) is 0. The smallest absolute Gasteiger partial charge is 0.324 e. The molecule has 0 fully saturated rings. The second kappa shape index (κ2) is 13.1. The predicted octanol–water partition coefficient (Wildman–Crippen LogP) is -5.28. The molecule has 0 aliphatic carbocycles. The van der Waals surface area contributed by atoms with Gasteiger partial charge in [0, 0.05) is 26.2 Å². The van der Waals surface area contributed by atoms with Crippen LogP contribution in [0.15, 0.2) is 0 Å². The maximum absolute atomic E-state index is 11.0. The standard InChI is InChI=1S/C8H25N3O12P4.Na/c12-24(13,14)5-10(6-25(15,16)17)3-1-9-2-4-11(7-26(18,19)20)8-27(21,22)23;/h9H,1-8H2,(H2,12,13,14)(H2,15,16,17)(H2,18,19,20)(H2,21,22,23);/q;+1. The normalized spacial score (nSPS) is 13.8. The van der Waals surface area contributed by atoms with Crippen molar-refractivity contribution in [1.82, 2.24) is 15.1 Å². The topological polar surface area (TPSA) is 249 Å². The fourth-order valence-electron chi connectivity index (χ4n) is 2.01. The van der Waals surface area contributed by atoms with Crippen LogP contribution in [0.3, 0.4) is 0 Å². The molecular formula is C8H25N3NaO12P4+. The van der Waals surface area contributed by atoms with Gasteiger partial charge in [0.25, 0.3) is 0 Å². The molecule has 28 heavy (non-hydrogen) atoms. The number of rotatable bonds is 14. The summed E-state index contributed by atoms with van der Waals surface area (Å²) in [7, 11) is -18.2. The van der Waals surface area contributed by atoms with Crippen LogP contribution in [0.5, 0.6) is 0 Å². The largest absolute Gasteiger partial charge is 1.00 e. The molecule has 15 nitrogen and oxygen atoms in total. The van der Waals surface area contributed by atoms with Gasteiger partial charge in [-0.15, -0.1) is 0 Å². The minimum Gasteiger partial charge on any atom is -0.324 e. The van der Waals surface area contributed by atoms with E-state index in [0.717, 1.165) is 9.80 Å². The third-order valence-electron chi connectivity index (χ3n) is 2.75. The minimum absolute atomic E-state index is 0. The van der Waals surface area contributed by atoms with Gasteiger partial charge >= 0.3 is 59.9 Å². The average Bonchev–Trinajstić information content (AvgIpc) is 2.29. The summed E-state index contributed by atoms with van der Waals surface area (Å²) in [6.45, 7) is -0.320. The first-order chi connectivity index (χ1) is 11.9. The molecule has 0 bridgehead atoms. The summed E-state index contributed by atoms with van der Waals surface area (Å²) in [5.74, 6) is 0. The van der Waals surface area contributed by atoms with Gasteiger partial charge in [-0.05, 0) is 0 Å². The maximum atomic E-state index is 11.0. The summed E-state index contributed by atoms with van der Waals surface area (Å²) in [5.41, 5.74) is 0. The van der Waals surface area contributed by atoms with Gasteiger partial charge < -0.3 is 44.5 Å². The molecule has 164 valence electrons. The van der Waals surface area contributed by atoms with Crippen molar-refractivity contribution in [1.29, 1.82) is 0 Å². The van der Waals surface area contributed by atoms with Crippen molar-refractivity contribution >= 4 is 30.4 Å². The third kappa shape index (κ3) is 22.2. The molecule has 0 spiro atoms. The third-order valence-corrected chi connectivity index (χ3v) is 5.82. The quantitative estimate of drug-likeness (QED) is 0.0611. The Kier molecular flexibility index (Phi) is 14.8. The van der Waals surface area contributed by atoms with Gasteiger partial charge in [-0.3, -0.25) is 28.1 Å². The van der Waals surface area contributed by atoms with E-state index in [9.17, 15) is 18.3 Å². The van der Waals surface area contributed by atoms with Gasteiger partial charge in [0.15, 0.2) is 0 Å². The molecular weight excluding hydrogens is 477 g/mol. The van der Waals surface area contributed by atoms with Crippen LogP contribution in [-0.4, -0.2) is 100 Å². The Morgan fingerprint density at radius 3 is 0.929 bits per heavy atom. The summed E-state index contributed by atoms with van der Waals surface area (Å²) in [6.07, 6.45) is -3.49. The van der Waals surface area contributed by atoms with E-state index in [-0.39, 0.29) is 55.7 Å². The summed E-state index contributed by atoms with van der Waals surface area (Å²) in [5, 5.41) is 2.69. The SMILES string of the molecule is O=P(O)(O)CN(CCNCCN(CP(=O)(O)O)CP(=O)(O)O)CP(=O)(O)O.[Na+]. The molecule has 0 aliphatic heterocycles. The molecule has 0 amide bonds. The first-order valence-corrected chi connectivity index (χ1v) is 14.4. The zero-order valence-corrected chi connectivity index (χ0v) is 20.6. The summed E-state index contributed by atoms with van der Waals surface area (Å²) >= 11 is 0. The molecule has 0 rings (SSSR count). The van der Waals surface area contributed by atoms with Gasteiger partial charge in [0.1, 0.15) is 25.1 Å². The Labute approximate surface area is 183 Å². The first kappa shape index (κ1) is 31.7. The van der Waals surface area contributed by atoms with E-state index in [0.29, 0.717) is 0 Å². The number of hydrogen-bond donors (Lipinski definition) is 9.